The molecule has 0 saturated heterocycles. The average molecular weight is 513 g/mol. The van der Waals surface area contributed by atoms with Gasteiger partial charge in [-0.25, -0.2) is 0 Å². The highest BCUT2D eigenvalue weighted by Crippen LogP contribution is 2.45. The summed E-state index contributed by atoms with van der Waals surface area (Å²) in [7, 11) is 10.3. The first-order valence-electron chi connectivity index (χ1n) is 12.9. The van der Waals surface area contributed by atoms with Crippen LogP contribution in [-0.4, -0.2) is 60.6 Å². The summed E-state index contributed by atoms with van der Waals surface area (Å²) < 4.78 is 27.6. The number of likely N-dealkylation sites (N-methyl/N-ethyl adjacent to an activating group) is 1. The summed E-state index contributed by atoms with van der Waals surface area (Å²) in [5.41, 5.74) is 2.77. The first kappa shape index (κ1) is 30.1. The SMILES string of the molecule is CCc1cc(OC)c(OC)cc1CCN(C)CCCC(C#N)(c1cc(OC)c(OC)c(OC)c1)C(C)C. The van der Waals surface area contributed by atoms with Crippen LogP contribution in [0.1, 0.15) is 50.3 Å². The molecule has 7 heteroatoms. The maximum absolute atomic E-state index is 10.4. The summed E-state index contributed by atoms with van der Waals surface area (Å²) in [6, 6.07) is 10.6. The Morgan fingerprint density at radius 3 is 1.78 bits per heavy atom. The van der Waals surface area contributed by atoms with E-state index in [1.165, 1.54) is 11.1 Å². The van der Waals surface area contributed by atoms with E-state index in [9.17, 15) is 5.26 Å². The molecule has 2 aromatic rings. The molecule has 37 heavy (non-hydrogen) atoms. The zero-order valence-electron chi connectivity index (χ0n) is 24.1. The molecule has 2 rings (SSSR count). The minimum absolute atomic E-state index is 0.101. The third-order valence-corrected chi connectivity index (χ3v) is 7.33. The molecule has 0 aliphatic rings. The number of benzene rings is 2. The lowest BCUT2D eigenvalue weighted by Crippen LogP contribution is -2.32. The molecular weight excluding hydrogens is 468 g/mol. The molecule has 1 unspecified atom stereocenters. The van der Waals surface area contributed by atoms with Gasteiger partial charge in [-0.2, -0.15) is 5.26 Å². The zero-order valence-corrected chi connectivity index (χ0v) is 24.1. The molecule has 2 aromatic carbocycles. The van der Waals surface area contributed by atoms with Crippen molar-refractivity contribution in [3.8, 4) is 34.8 Å². The number of aryl methyl sites for hydroxylation is 1. The first-order chi connectivity index (χ1) is 17.7. The number of nitriles is 1. The van der Waals surface area contributed by atoms with E-state index < -0.39 is 5.41 Å². The van der Waals surface area contributed by atoms with Crippen LogP contribution in [0.25, 0.3) is 0 Å². The molecule has 0 bridgehead atoms. The quantitative estimate of drug-likeness (QED) is 0.305. The highest BCUT2D eigenvalue weighted by atomic mass is 16.5. The Labute approximate surface area is 223 Å². The monoisotopic (exact) mass is 512 g/mol. The van der Waals surface area contributed by atoms with Crippen LogP contribution < -0.4 is 23.7 Å². The third kappa shape index (κ3) is 6.81. The fourth-order valence-electron chi connectivity index (χ4n) is 4.93. The van der Waals surface area contributed by atoms with Crippen LogP contribution in [0.15, 0.2) is 24.3 Å². The maximum atomic E-state index is 10.4. The first-order valence-corrected chi connectivity index (χ1v) is 12.9. The molecule has 204 valence electrons. The van der Waals surface area contributed by atoms with Crippen molar-refractivity contribution in [2.24, 2.45) is 5.92 Å². The third-order valence-electron chi connectivity index (χ3n) is 7.33. The topological polar surface area (TPSA) is 73.2 Å². The van der Waals surface area contributed by atoms with E-state index in [-0.39, 0.29) is 5.92 Å². The van der Waals surface area contributed by atoms with Gasteiger partial charge in [0, 0.05) is 6.54 Å². The summed E-state index contributed by atoms with van der Waals surface area (Å²) in [6.45, 7) is 8.15. The number of hydrogen-bond donors (Lipinski definition) is 0. The summed E-state index contributed by atoms with van der Waals surface area (Å²) in [5, 5.41) is 10.4. The molecule has 1 atom stereocenters. The van der Waals surface area contributed by atoms with Gasteiger partial charge in [-0.15, -0.1) is 0 Å². The Kier molecular flexibility index (Phi) is 11.4. The molecule has 0 amide bonds. The van der Waals surface area contributed by atoms with Crippen LogP contribution in [0.4, 0.5) is 0 Å². The largest absolute Gasteiger partial charge is 0.493 e. The lowest BCUT2D eigenvalue weighted by atomic mass is 9.69. The van der Waals surface area contributed by atoms with E-state index in [1.54, 1.807) is 35.5 Å². The van der Waals surface area contributed by atoms with Gasteiger partial charge in [0.2, 0.25) is 5.75 Å². The van der Waals surface area contributed by atoms with Gasteiger partial charge < -0.3 is 28.6 Å². The van der Waals surface area contributed by atoms with Crippen molar-refractivity contribution in [1.29, 1.82) is 5.26 Å². The highest BCUT2D eigenvalue weighted by molar-refractivity contribution is 5.56. The van der Waals surface area contributed by atoms with Gasteiger partial charge in [-0.05, 0) is 86.1 Å². The van der Waals surface area contributed by atoms with Crippen molar-refractivity contribution in [1.82, 2.24) is 4.90 Å². The molecule has 0 radical (unpaired) electrons. The van der Waals surface area contributed by atoms with Gasteiger partial charge in [0.25, 0.3) is 0 Å². The number of rotatable bonds is 15. The highest BCUT2D eigenvalue weighted by Gasteiger charge is 2.37. The number of nitrogens with zero attached hydrogens (tertiary/aromatic N) is 2. The number of methoxy groups -OCH3 is 5. The Balaban J connectivity index is 2.16. The molecule has 0 fully saturated rings. The van der Waals surface area contributed by atoms with E-state index >= 15 is 0 Å². The second kappa shape index (κ2) is 14.0. The Bertz CT molecular complexity index is 1040. The van der Waals surface area contributed by atoms with Crippen LogP contribution in [0.3, 0.4) is 0 Å². The summed E-state index contributed by atoms with van der Waals surface area (Å²) in [5.74, 6) is 3.30. The Hall–Kier alpha value is -3.11. The molecule has 0 spiro atoms. The van der Waals surface area contributed by atoms with Crippen molar-refractivity contribution >= 4 is 0 Å². The van der Waals surface area contributed by atoms with Gasteiger partial charge in [0.15, 0.2) is 23.0 Å². The fourth-order valence-corrected chi connectivity index (χ4v) is 4.93. The van der Waals surface area contributed by atoms with Gasteiger partial charge in [0.05, 0.1) is 47.0 Å². The van der Waals surface area contributed by atoms with Crippen molar-refractivity contribution in [2.45, 2.75) is 51.9 Å². The van der Waals surface area contributed by atoms with Crippen LogP contribution in [0, 0.1) is 17.2 Å². The normalized spacial score (nSPS) is 12.7. The van der Waals surface area contributed by atoms with Gasteiger partial charge in [0.1, 0.15) is 0 Å². The summed E-state index contributed by atoms with van der Waals surface area (Å²) in [6.07, 6.45) is 3.46. The molecular formula is C30H44N2O5. The maximum Gasteiger partial charge on any atom is 0.203 e. The van der Waals surface area contributed by atoms with E-state index in [4.69, 9.17) is 23.7 Å². The number of hydrogen-bond acceptors (Lipinski definition) is 7. The van der Waals surface area contributed by atoms with E-state index in [1.807, 2.05) is 12.1 Å². The van der Waals surface area contributed by atoms with Crippen LogP contribution >= 0.6 is 0 Å². The van der Waals surface area contributed by atoms with Crippen LogP contribution in [0.5, 0.6) is 28.7 Å². The zero-order chi connectivity index (χ0) is 27.6. The minimum atomic E-state index is -0.674. The lowest BCUT2D eigenvalue weighted by Gasteiger charge is -2.33. The van der Waals surface area contributed by atoms with E-state index in [0.29, 0.717) is 17.2 Å². The standard InChI is InChI=1S/C30H44N2O5/c1-10-22-16-25(33-5)26(34-6)17-23(22)12-15-32(4)14-11-13-30(20-31,21(2)3)24-18-27(35-7)29(37-9)28(19-24)36-8/h16-19,21H,10-15H2,1-9H3. The Morgan fingerprint density at radius 1 is 0.811 bits per heavy atom. The molecule has 0 aliphatic heterocycles. The van der Waals surface area contributed by atoms with Crippen molar-refractivity contribution < 1.29 is 23.7 Å². The smallest absolute Gasteiger partial charge is 0.203 e. The predicted molar refractivity (Wildman–Crippen MR) is 148 cm³/mol. The van der Waals surface area contributed by atoms with Crippen molar-refractivity contribution in [3.63, 3.8) is 0 Å². The summed E-state index contributed by atoms with van der Waals surface area (Å²) >= 11 is 0. The van der Waals surface area contributed by atoms with Crippen LogP contribution in [0.2, 0.25) is 0 Å². The second-order valence-electron chi connectivity index (χ2n) is 9.64. The number of ether oxygens (including phenoxy) is 5. The van der Waals surface area contributed by atoms with Crippen molar-refractivity contribution in [3.05, 3.63) is 41.0 Å². The molecule has 0 aromatic heterocycles. The van der Waals surface area contributed by atoms with Crippen molar-refractivity contribution in [2.75, 3.05) is 55.7 Å². The molecule has 0 aliphatic carbocycles. The predicted octanol–water partition coefficient (Wildman–Crippen LogP) is 5.66. The van der Waals surface area contributed by atoms with Gasteiger partial charge in [-0.1, -0.05) is 20.8 Å². The molecule has 0 heterocycles. The van der Waals surface area contributed by atoms with Gasteiger partial charge in [-0.3, -0.25) is 0 Å². The fraction of sp³-hybridized carbons (Fsp3) is 0.567. The molecule has 0 N–H and O–H groups in total. The van der Waals surface area contributed by atoms with Crippen LogP contribution in [-0.2, 0) is 18.3 Å². The molecule has 0 saturated carbocycles. The van der Waals surface area contributed by atoms with Gasteiger partial charge >= 0.3 is 0 Å². The average Bonchev–Trinajstić information content (AvgIpc) is 2.92. The van der Waals surface area contributed by atoms with E-state index in [2.05, 4.69) is 50.9 Å². The minimum Gasteiger partial charge on any atom is -0.493 e. The Morgan fingerprint density at radius 2 is 1.35 bits per heavy atom. The summed E-state index contributed by atoms with van der Waals surface area (Å²) in [4.78, 5) is 2.33. The second-order valence-corrected chi connectivity index (χ2v) is 9.64. The lowest BCUT2D eigenvalue weighted by molar-refractivity contribution is 0.290. The van der Waals surface area contributed by atoms with E-state index in [0.717, 1.165) is 55.8 Å². The molecule has 7 nitrogen and oxygen atoms in total.